The molecule has 3 N–H and O–H groups in total. The van der Waals surface area contributed by atoms with Gasteiger partial charge in [0.05, 0.1) is 0 Å². The quantitative estimate of drug-likeness (QED) is 0.819. The fraction of sp³-hybridized carbons (Fsp3) is 0.500. The molecule has 1 atom stereocenters. The van der Waals surface area contributed by atoms with Gasteiger partial charge in [-0.3, -0.25) is 4.79 Å². The van der Waals surface area contributed by atoms with Crippen molar-refractivity contribution in [3.8, 4) is 0 Å². The van der Waals surface area contributed by atoms with Gasteiger partial charge in [0.25, 0.3) is 5.91 Å². The molecule has 0 aliphatic heterocycles. The van der Waals surface area contributed by atoms with E-state index in [-0.39, 0.29) is 11.9 Å². The van der Waals surface area contributed by atoms with E-state index in [4.69, 9.17) is 5.73 Å². The second-order valence-electron chi connectivity index (χ2n) is 4.97. The molecule has 0 aromatic heterocycles. The lowest BCUT2D eigenvalue weighted by molar-refractivity contribution is 0.0950. The Morgan fingerprint density at radius 2 is 1.88 bits per heavy atom. The van der Waals surface area contributed by atoms with Crippen LogP contribution >= 0.6 is 0 Å². The Labute approximate surface area is 103 Å². The zero-order valence-corrected chi connectivity index (χ0v) is 10.9. The van der Waals surface area contributed by atoms with Gasteiger partial charge in [0.15, 0.2) is 0 Å². The Hall–Kier alpha value is -1.35. The van der Waals surface area contributed by atoms with Crippen LogP contribution in [0.2, 0.25) is 0 Å². The monoisotopic (exact) mass is 234 g/mol. The van der Waals surface area contributed by atoms with Crippen molar-refractivity contribution in [2.24, 2.45) is 11.7 Å². The topological polar surface area (TPSA) is 55.1 Å². The third-order valence-corrected chi connectivity index (χ3v) is 2.61. The van der Waals surface area contributed by atoms with Gasteiger partial charge in [-0.2, -0.15) is 0 Å². The van der Waals surface area contributed by atoms with Crippen LogP contribution in [0.25, 0.3) is 0 Å². The Kier molecular flexibility index (Phi) is 5.16. The van der Waals surface area contributed by atoms with Gasteiger partial charge >= 0.3 is 0 Å². The molecule has 1 aromatic rings. The molecule has 3 heteroatoms. The molecule has 0 aliphatic rings. The molecule has 0 spiro atoms. The lowest BCUT2D eigenvalue weighted by Crippen LogP contribution is -2.38. The maximum atomic E-state index is 11.8. The van der Waals surface area contributed by atoms with Crippen molar-refractivity contribution in [3.63, 3.8) is 0 Å². The average molecular weight is 234 g/mol. The van der Waals surface area contributed by atoms with Crippen LogP contribution in [0.5, 0.6) is 0 Å². The van der Waals surface area contributed by atoms with E-state index in [2.05, 4.69) is 19.2 Å². The molecule has 17 heavy (non-hydrogen) atoms. The number of carbonyl (C=O) groups is 1. The fourth-order valence-electron chi connectivity index (χ4n) is 1.72. The molecule has 0 saturated heterocycles. The summed E-state index contributed by atoms with van der Waals surface area (Å²) in [5.74, 6) is 0.505. The van der Waals surface area contributed by atoms with Crippen LogP contribution in [0.15, 0.2) is 24.3 Å². The normalized spacial score (nSPS) is 12.5. The lowest BCUT2D eigenvalue weighted by atomic mass is 10.0. The van der Waals surface area contributed by atoms with Crippen LogP contribution < -0.4 is 11.1 Å². The van der Waals surface area contributed by atoms with Crippen molar-refractivity contribution < 1.29 is 4.79 Å². The highest BCUT2D eigenvalue weighted by atomic mass is 16.1. The molecular weight excluding hydrogens is 212 g/mol. The summed E-state index contributed by atoms with van der Waals surface area (Å²) in [7, 11) is 0. The van der Waals surface area contributed by atoms with Gasteiger partial charge in [-0.15, -0.1) is 0 Å². The molecule has 94 valence electrons. The van der Waals surface area contributed by atoms with Crippen molar-refractivity contribution in [1.29, 1.82) is 0 Å². The van der Waals surface area contributed by atoms with E-state index in [1.807, 2.05) is 31.2 Å². The second-order valence-corrected chi connectivity index (χ2v) is 4.97. The van der Waals surface area contributed by atoms with Gasteiger partial charge in [0.2, 0.25) is 0 Å². The predicted octanol–water partition coefficient (Wildman–Crippen LogP) is 2.10. The molecule has 1 aromatic carbocycles. The van der Waals surface area contributed by atoms with Crippen LogP contribution in [-0.2, 0) is 0 Å². The summed E-state index contributed by atoms with van der Waals surface area (Å²) >= 11 is 0. The van der Waals surface area contributed by atoms with Crippen LogP contribution in [0.3, 0.4) is 0 Å². The molecule has 0 fully saturated rings. The maximum Gasteiger partial charge on any atom is 0.251 e. The van der Waals surface area contributed by atoms with E-state index >= 15 is 0 Å². The molecule has 0 heterocycles. The van der Waals surface area contributed by atoms with Crippen LogP contribution in [0.1, 0.15) is 36.2 Å². The summed E-state index contributed by atoms with van der Waals surface area (Å²) in [5.41, 5.74) is 7.75. The minimum Gasteiger partial charge on any atom is -0.350 e. The number of rotatable bonds is 5. The van der Waals surface area contributed by atoms with Crippen molar-refractivity contribution >= 4 is 5.91 Å². The van der Waals surface area contributed by atoms with E-state index in [0.29, 0.717) is 18.0 Å². The van der Waals surface area contributed by atoms with Crippen molar-refractivity contribution in [2.45, 2.75) is 33.2 Å². The highest BCUT2D eigenvalue weighted by Gasteiger charge is 2.09. The fourth-order valence-corrected chi connectivity index (χ4v) is 1.72. The number of amides is 1. The molecular formula is C14H22N2O. The standard InChI is InChI=1S/C14H22N2O/c1-10(2)8-13(15)9-16-14(17)12-6-4-11(3)5-7-12/h4-7,10,13H,8-9,15H2,1-3H3,(H,16,17). The number of hydrogen-bond donors (Lipinski definition) is 2. The molecule has 1 unspecified atom stereocenters. The zero-order valence-electron chi connectivity index (χ0n) is 10.9. The maximum absolute atomic E-state index is 11.8. The van der Waals surface area contributed by atoms with Crippen LogP contribution in [-0.4, -0.2) is 18.5 Å². The Bertz CT molecular complexity index is 357. The van der Waals surface area contributed by atoms with E-state index in [9.17, 15) is 4.79 Å². The molecule has 0 aliphatic carbocycles. The third-order valence-electron chi connectivity index (χ3n) is 2.61. The SMILES string of the molecule is Cc1ccc(C(=O)NCC(N)CC(C)C)cc1. The first-order valence-corrected chi connectivity index (χ1v) is 6.09. The zero-order chi connectivity index (χ0) is 12.8. The first-order valence-electron chi connectivity index (χ1n) is 6.09. The minimum absolute atomic E-state index is 0.0319. The molecule has 0 radical (unpaired) electrons. The van der Waals surface area contributed by atoms with E-state index < -0.39 is 0 Å². The highest BCUT2D eigenvalue weighted by Crippen LogP contribution is 2.04. The summed E-state index contributed by atoms with van der Waals surface area (Å²) < 4.78 is 0. The van der Waals surface area contributed by atoms with E-state index in [1.165, 1.54) is 0 Å². The smallest absolute Gasteiger partial charge is 0.251 e. The Morgan fingerprint density at radius 3 is 2.41 bits per heavy atom. The van der Waals surface area contributed by atoms with Gasteiger partial charge in [-0.25, -0.2) is 0 Å². The third kappa shape index (κ3) is 5.00. The summed E-state index contributed by atoms with van der Waals surface area (Å²) in [4.78, 5) is 11.8. The van der Waals surface area contributed by atoms with Crippen molar-refractivity contribution in [3.05, 3.63) is 35.4 Å². The molecule has 0 bridgehead atoms. The van der Waals surface area contributed by atoms with Crippen molar-refractivity contribution in [2.75, 3.05) is 6.54 Å². The predicted molar refractivity (Wildman–Crippen MR) is 70.9 cm³/mol. The average Bonchev–Trinajstić information content (AvgIpc) is 2.26. The van der Waals surface area contributed by atoms with Gasteiger partial charge in [0, 0.05) is 18.2 Å². The molecule has 0 saturated carbocycles. The number of benzene rings is 1. The summed E-state index contributed by atoms with van der Waals surface area (Å²) in [6, 6.07) is 7.56. The first kappa shape index (κ1) is 13.7. The minimum atomic E-state index is -0.0517. The Balaban J connectivity index is 2.42. The number of carbonyl (C=O) groups excluding carboxylic acids is 1. The van der Waals surface area contributed by atoms with Gasteiger partial charge < -0.3 is 11.1 Å². The van der Waals surface area contributed by atoms with E-state index in [1.54, 1.807) is 0 Å². The summed E-state index contributed by atoms with van der Waals surface area (Å²) in [6.45, 7) is 6.79. The molecule has 3 nitrogen and oxygen atoms in total. The highest BCUT2D eigenvalue weighted by molar-refractivity contribution is 5.94. The van der Waals surface area contributed by atoms with Crippen LogP contribution in [0.4, 0.5) is 0 Å². The lowest BCUT2D eigenvalue weighted by Gasteiger charge is -2.14. The Morgan fingerprint density at radius 1 is 1.29 bits per heavy atom. The second kappa shape index (κ2) is 6.40. The van der Waals surface area contributed by atoms with Gasteiger partial charge in [-0.1, -0.05) is 31.5 Å². The van der Waals surface area contributed by atoms with Crippen molar-refractivity contribution in [1.82, 2.24) is 5.32 Å². The number of hydrogen-bond acceptors (Lipinski definition) is 2. The number of nitrogens with two attached hydrogens (primary N) is 1. The largest absolute Gasteiger partial charge is 0.350 e. The molecule has 1 rings (SSSR count). The number of aryl methyl sites for hydroxylation is 1. The summed E-state index contributed by atoms with van der Waals surface area (Å²) in [5, 5.41) is 2.86. The van der Waals surface area contributed by atoms with Gasteiger partial charge in [-0.05, 0) is 31.4 Å². The molecule has 1 amide bonds. The number of nitrogens with one attached hydrogen (secondary N) is 1. The first-order chi connectivity index (χ1) is 7.99. The van der Waals surface area contributed by atoms with E-state index in [0.717, 1.165) is 12.0 Å². The van der Waals surface area contributed by atoms with Crippen LogP contribution in [0, 0.1) is 12.8 Å². The summed E-state index contributed by atoms with van der Waals surface area (Å²) in [6.07, 6.45) is 0.925. The van der Waals surface area contributed by atoms with Gasteiger partial charge in [0.1, 0.15) is 0 Å².